The van der Waals surface area contributed by atoms with Gasteiger partial charge in [0.15, 0.2) is 5.16 Å². The second-order valence-corrected chi connectivity index (χ2v) is 9.06. The monoisotopic (exact) mass is 436 g/mol. The molecule has 162 valence electrons. The third-order valence-electron chi connectivity index (χ3n) is 5.50. The molecular weight excluding hydrogens is 408 g/mol. The van der Waals surface area contributed by atoms with Crippen molar-refractivity contribution in [3.8, 4) is 11.4 Å². The summed E-state index contributed by atoms with van der Waals surface area (Å²) in [5, 5.41) is 8.95. The fourth-order valence-electron chi connectivity index (χ4n) is 3.46. The second kappa shape index (κ2) is 9.56. The summed E-state index contributed by atoms with van der Waals surface area (Å²) in [6.07, 6.45) is 3.84. The molecule has 1 aromatic heterocycles. The maximum atomic E-state index is 13.1. The maximum Gasteiger partial charge on any atom is 0.233 e. The van der Waals surface area contributed by atoms with Crippen LogP contribution in [0.1, 0.15) is 43.7 Å². The number of ether oxygens (including phenoxy) is 1. The lowest BCUT2D eigenvalue weighted by atomic mass is 10.0. The number of methoxy groups -OCH3 is 1. The zero-order valence-electron chi connectivity index (χ0n) is 18.2. The van der Waals surface area contributed by atoms with Gasteiger partial charge in [0.05, 0.1) is 12.9 Å². The van der Waals surface area contributed by atoms with Crippen molar-refractivity contribution in [1.82, 2.24) is 19.7 Å². The number of carbonyl (C=O) groups is 1. The molecule has 7 heteroatoms. The number of thioether (sulfide) groups is 1. The number of carbonyl (C=O) groups excluding carboxylic acids is 1. The molecule has 4 rings (SSSR count). The minimum Gasteiger partial charge on any atom is -0.497 e. The third kappa shape index (κ3) is 5.28. The molecule has 0 unspecified atom stereocenters. The third-order valence-corrected chi connectivity index (χ3v) is 6.43. The van der Waals surface area contributed by atoms with Gasteiger partial charge in [-0.15, -0.1) is 10.2 Å². The molecule has 0 saturated heterocycles. The van der Waals surface area contributed by atoms with Crippen LogP contribution in [0, 0.1) is 0 Å². The highest BCUT2D eigenvalue weighted by Gasteiger charge is 2.32. The number of hydrogen-bond donors (Lipinski definition) is 0. The van der Waals surface area contributed by atoms with Gasteiger partial charge in [-0.3, -0.25) is 9.36 Å². The summed E-state index contributed by atoms with van der Waals surface area (Å²) in [7, 11) is 1.64. The van der Waals surface area contributed by atoms with E-state index in [0.29, 0.717) is 29.4 Å². The van der Waals surface area contributed by atoms with Crippen molar-refractivity contribution in [2.45, 2.75) is 50.4 Å². The summed E-state index contributed by atoms with van der Waals surface area (Å²) < 4.78 is 7.11. The molecule has 1 fully saturated rings. The molecule has 6 nitrogen and oxygen atoms in total. The Labute approximate surface area is 187 Å². The topological polar surface area (TPSA) is 60.2 Å². The fourth-order valence-corrected chi connectivity index (χ4v) is 4.28. The van der Waals surface area contributed by atoms with Gasteiger partial charge >= 0.3 is 0 Å². The molecule has 1 heterocycles. The van der Waals surface area contributed by atoms with Crippen molar-refractivity contribution in [1.29, 1.82) is 0 Å². The Morgan fingerprint density at radius 1 is 1.16 bits per heavy atom. The summed E-state index contributed by atoms with van der Waals surface area (Å²) in [6, 6.07) is 16.7. The van der Waals surface area contributed by atoms with Crippen LogP contribution in [0.4, 0.5) is 0 Å². The van der Waals surface area contributed by atoms with Gasteiger partial charge in [-0.25, -0.2) is 0 Å². The average molecular weight is 437 g/mol. The van der Waals surface area contributed by atoms with Crippen LogP contribution in [0.15, 0.2) is 60.0 Å². The first-order valence-corrected chi connectivity index (χ1v) is 11.6. The van der Waals surface area contributed by atoms with E-state index < -0.39 is 0 Å². The van der Waals surface area contributed by atoms with E-state index in [2.05, 4.69) is 48.3 Å². The average Bonchev–Trinajstić information content (AvgIpc) is 3.53. The van der Waals surface area contributed by atoms with Gasteiger partial charge in [0, 0.05) is 18.3 Å². The van der Waals surface area contributed by atoms with Crippen molar-refractivity contribution in [2.24, 2.45) is 0 Å². The smallest absolute Gasteiger partial charge is 0.233 e. The first kappa shape index (κ1) is 21.4. The van der Waals surface area contributed by atoms with Gasteiger partial charge in [0.2, 0.25) is 5.91 Å². The van der Waals surface area contributed by atoms with Gasteiger partial charge in [-0.1, -0.05) is 49.9 Å². The van der Waals surface area contributed by atoms with Gasteiger partial charge in [0.25, 0.3) is 0 Å². The van der Waals surface area contributed by atoms with Crippen LogP contribution < -0.4 is 4.74 Å². The van der Waals surface area contributed by atoms with E-state index in [0.717, 1.165) is 24.3 Å². The van der Waals surface area contributed by atoms with Gasteiger partial charge < -0.3 is 9.64 Å². The largest absolute Gasteiger partial charge is 0.497 e. The van der Waals surface area contributed by atoms with Crippen LogP contribution in [0.2, 0.25) is 0 Å². The van der Waals surface area contributed by atoms with Crippen molar-refractivity contribution < 1.29 is 9.53 Å². The molecular formula is C24H28N4O2S. The van der Waals surface area contributed by atoms with Crippen molar-refractivity contribution in [3.05, 3.63) is 66.0 Å². The Balaban J connectivity index is 1.40. The van der Waals surface area contributed by atoms with Crippen LogP contribution in [-0.4, -0.2) is 44.5 Å². The lowest BCUT2D eigenvalue weighted by molar-refractivity contribution is -0.129. The van der Waals surface area contributed by atoms with E-state index >= 15 is 0 Å². The fraction of sp³-hybridized carbons (Fsp3) is 0.375. The molecule has 1 aliphatic carbocycles. The van der Waals surface area contributed by atoms with Crippen molar-refractivity contribution in [3.63, 3.8) is 0 Å². The molecule has 0 spiro atoms. The molecule has 0 atom stereocenters. The molecule has 3 aromatic rings. The van der Waals surface area contributed by atoms with E-state index in [1.807, 2.05) is 33.7 Å². The lowest BCUT2D eigenvalue weighted by Crippen LogP contribution is -2.34. The number of hydrogen-bond acceptors (Lipinski definition) is 5. The van der Waals surface area contributed by atoms with Crippen LogP contribution in [0.25, 0.3) is 5.69 Å². The van der Waals surface area contributed by atoms with E-state index in [4.69, 9.17) is 4.74 Å². The number of benzene rings is 2. The summed E-state index contributed by atoms with van der Waals surface area (Å²) in [4.78, 5) is 15.1. The van der Waals surface area contributed by atoms with Crippen LogP contribution in [0.5, 0.6) is 5.75 Å². The van der Waals surface area contributed by atoms with Crippen LogP contribution in [0.3, 0.4) is 0 Å². The Kier molecular flexibility index (Phi) is 6.61. The molecule has 1 saturated carbocycles. The summed E-state index contributed by atoms with van der Waals surface area (Å²) in [5.41, 5.74) is 3.43. The van der Waals surface area contributed by atoms with Crippen LogP contribution in [-0.2, 0) is 11.3 Å². The van der Waals surface area contributed by atoms with Crippen molar-refractivity contribution in [2.75, 3.05) is 12.9 Å². The Bertz CT molecular complexity index is 1010. The molecule has 0 bridgehead atoms. The number of rotatable bonds is 9. The lowest BCUT2D eigenvalue weighted by Gasteiger charge is -2.22. The van der Waals surface area contributed by atoms with E-state index in [1.165, 1.54) is 22.9 Å². The number of nitrogens with zero attached hydrogens (tertiary/aromatic N) is 4. The predicted octanol–water partition coefficient (Wildman–Crippen LogP) is 4.68. The standard InChI is InChI=1S/C24H28N4O2S/c1-17(2)19-6-4-18(5-7-19)14-27(20-8-9-20)23(29)15-31-24-26-25-16-28(24)21-10-12-22(30-3)13-11-21/h4-7,10-13,16-17,20H,8-9,14-15H2,1-3H3. The highest BCUT2D eigenvalue weighted by molar-refractivity contribution is 7.99. The molecule has 1 amide bonds. The quantitative estimate of drug-likeness (QED) is 0.456. The molecule has 31 heavy (non-hydrogen) atoms. The van der Waals surface area contributed by atoms with E-state index in [1.54, 1.807) is 13.4 Å². The molecule has 1 aliphatic rings. The first-order valence-electron chi connectivity index (χ1n) is 10.6. The minimum atomic E-state index is 0.143. The molecule has 2 aromatic carbocycles. The van der Waals surface area contributed by atoms with Gasteiger partial charge in [-0.05, 0) is 54.2 Å². The zero-order chi connectivity index (χ0) is 21.8. The van der Waals surface area contributed by atoms with E-state index in [-0.39, 0.29) is 5.91 Å². The highest BCUT2D eigenvalue weighted by Crippen LogP contribution is 2.30. The Morgan fingerprint density at radius 2 is 1.87 bits per heavy atom. The molecule has 0 N–H and O–H groups in total. The number of aromatic nitrogens is 3. The Hall–Kier alpha value is -2.80. The first-order chi connectivity index (χ1) is 15.0. The van der Waals surface area contributed by atoms with E-state index in [9.17, 15) is 4.79 Å². The van der Waals surface area contributed by atoms with Gasteiger partial charge in [-0.2, -0.15) is 0 Å². The van der Waals surface area contributed by atoms with Crippen molar-refractivity contribution >= 4 is 17.7 Å². The summed E-state index contributed by atoms with van der Waals surface area (Å²) in [5.74, 6) is 1.79. The SMILES string of the molecule is COc1ccc(-n2cnnc2SCC(=O)N(Cc2ccc(C(C)C)cc2)C2CC2)cc1. The molecule has 0 aliphatic heterocycles. The Morgan fingerprint density at radius 3 is 2.48 bits per heavy atom. The van der Waals surface area contributed by atoms with Gasteiger partial charge in [0.1, 0.15) is 12.1 Å². The normalized spacial score (nSPS) is 13.4. The predicted molar refractivity (Wildman–Crippen MR) is 123 cm³/mol. The second-order valence-electron chi connectivity index (χ2n) is 8.12. The summed E-state index contributed by atoms with van der Waals surface area (Å²) in [6.45, 7) is 5.04. The number of amides is 1. The maximum absolute atomic E-state index is 13.1. The molecule has 0 radical (unpaired) electrons. The van der Waals surface area contributed by atoms with Crippen LogP contribution >= 0.6 is 11.8 Å². The summed E-state index contributed by atoms with van der Waals surface area (Å²) >= 11 is 1.42. The highest BCUT2D eigenvalue weighted by atomic mass is 32.2. The minimum absolute atomic E-state index is 0.143. The zero-order valence-corrected chi connectivity index (χ0v) is 19.0.